The van der Waals surface area contributed by atoms with Gasteiger partial charge in [0, 0.05) is 4.47 Å². The first kappa shape index (κ1) is 25.7. The summed E-state index contributed by atoms with van der Waals surface area (Å²) in [6, 6.07) is 20.7. The summed E-state index contributed by atoms with van der Waals surface area (Å²) in [6.45, 7) is 1.93. The molecule has 0 aliphatic heterocycles. The van der Waals surface area contributed by atoms with Crippen molar-refractivity contribution < 1.29 is 19.1 Å². The summed E-state index contributed by atoms with van der Waals surface area (Å²) in [4.78, 5) is 24.8. The van der Waals surface area contributed by atoms with Gasteiger partial charge in [-0.15, -0.1) is 0 Å². The molecule has 176 valence electrons. The zero-order chi connectivity index (χ0) is 24.5. The SMILES string of the molecule is COc1cc(C=NNC(=O)C(C)C(=O)Nc2ccccc2Br)cc(I)c1OCc1ccccc1. The van der Waals surface area contributed by atoms with Gasteiger partial charge in [-0.05, 0) is 80.8 Å². The van der Waals surface area contributed by atoms with Crippen LogP contribution in [0.2, 0.25) is 0 Å². The number of halogens is 2. The van der Waals surface area contributed by atoms with Gasteiger partial charge in [0.05, 0.1) is 22.6 Å². The van der Waals surface area contributed by atoms with Gasteiger partial charge in [-0.3, -0.25) is 9.59 Å². The van der Waals surface area contributed by atoms with Crippen molar-refractivity contribution in [3.05, 3.63) is 85.9 Å². The molecule has 0 fully saturated rings. The summed E-state index contributed by atoms with van der Waals surface area (Å²) in [5.74, 6) is -0.712. The van der Waals surface area contributed by atoms with Crippen LogP contribution in [0.25, 0.3) is 0 Å². The maximum absolute atomic E-state index is 12.4. The first-order valence-electron chi connectivity index (χ1n) is 10.3. The fraction of sp³-hybridized carbons (Fsp3) is 0.160. The van der Waals surface area contributed by atoms with Crippen LogP contribution >= 0.6 is 38.5 Å². The Morgan fingerprint density at radius 1 is 1.09 bits per heavy atom. The lowest BCUT2D eigenvalue weighted by molar-refractivity contribution is -0.131. The van der Waals surface area contributed by atoms with Crippen LogP contribution < -0.4 is 20.2 Å². The normalized spacial score (nSPS) is 11.6. The summed E-state index contributed by atoms with van der Waals surface area (Å²) in [6.07, 6.45) is 1.49. The second kappa shape index (κ2) is 12.5. The van der Waals surface area contributed by atoms with Gasteiger partial charge in [-0.2, -0.15) is 5.10 Å². The largest absolute Gasteiger partial charge is 0.493 e. The highest BCUT2D eigenvalue weighted by Crippen LogP contribution is 2.34. The van der Waals surface area contributed by atoms with E-state index in [9.17, 15) is 9.59 Å². The summed E-state index contributed by atoms with van der Waals surface area (Å²) < 4.78 is 13.0. The fourth-order valence-electron chi connectivity index (χ4n) is 2.87. The molecule has 3 aromatic carbocycles. The minimum Gasteiger partial charge on any atom is -0.493 e. The number of benzene rings is 3. The Bertz CT molecular complexity index is 1190. The Kier molecular flexibility index (Phi) is 9.46. The quantitative estimate of drug-likeness (QED) is 0.143. The van der Waals surface area contributed by atoms with Crippen LogP contribution in [-0.4, -0.2) is 25.1 Å². The smallest absolute Gasteiger partial charge is 0.252 e. The number of nitrogens with one attached hydrogen (secondary N) is 2. The Labute approximate surface area is 220 Å². The molecule has 9 heteroatoms. The van der Waals surface area contributed by atoms with Crippen molar-refractivity contribution in [3.8, 4) is 11.5 Å². The Morgan fingerprint density at radius 2 is 1.79 bits per heavy atom. The highest BCUT2D eigenvalue weighted by atomic mass is 127. The van der Waals surface area contributed by atoms with Gasteiger partial charge in [-0.25, -0.2) is 5.43 Å². The molecule has 0 spiro atoms. The predicted molar refractivity (Wildman–Crippen MR) is 144 cm³/mol. The molecule has 1 unspecified atom stereocenters. The lowest BCUT2D eigenvalue weighted by Gasteiger charge is -2.14. The average molecular weight is 636 g/mol. The van der Waals surface area contributed by atoms with Gasteiger partial charge in [-0.1, -0.05) is 42.5 Å². The van der Waals surface area contributed by atoms with Crippen molar-refractivity contribution in [2.45, 2.75) is 13.5 Å². The van der Waals surface area contributed by atoms with Crippen molar-refractivity contribution in [3.63, 3.8) is 0 Å². The van der Waals surface area contributed by atoms with Gasteiger partial charge in [0.25, 0.3) is 5.91 Å². The molecule has 0 radical (unpaired) electrons. The second-order valence-electron chi connectivity index (χ2n) is 7.23. The van der Waals surface area contributed by atoms with Gasteiger partial charge >= 0.3 is 0 Å². The number of ether oxygens (including phenoxy) is 2. The Morgan fingerprint density at radius 3 is 2.50 bits per heavy atom. The summed E-state index contributed by atoms with van der Waals surface area (Å²) in [5, 5.41) is 6.72. The molecule has 2 amide bonds. The van der Waals surface area contributed by atoms with Crippen molar-refractivity contribution in [2.24, 2.45) is 11.0 Å². The summed E-state index contributed by atoms with van der Waals surface area (Å²) in [7, 11) is 1.56. The van der Waals surface area contributed by atoms with Gasteiger partial charge < -0.3 is 14.8 Å². The van der Waals surface area contributed by atoms with Crippen LogP contribution in [0, 0.1) is 9.49 Å². The number of para-hydroxylation sites is 1. The molecular weight excluding hydrogens is 613 g/mol. The number of amides is 2. The third kappa shape index (κ3) is 7.04. The van der Waals surface area contributed by atoms with E-state index in [0.29, 0.717) is 29.4 Å². The van der Waals surface area contributed by atoms with Crippen LogP contribution in [0.5, 0.6) is 11.5 Å². The van der Waals surface area contributed by atoms with Crippen LogP contribution in [-0.2, 0) is 16.2 Å². The van der Waals surface area contributed by atoms with E-state index in [-0.39, 0.29) is 0 Å². The maximum Gasteiger partial charge on any atom is 0.252 e. The van der Waals surface area contributed by atoms with E-state index in [2.05, 4.69) is 54.4 Å². The number of carbonyl (C=O) groups excluding carboxylic acids is 2. The Hall–Kier alpha value is -2.92. The van der Waals surface area contributed by atoms with Crippen molar-refractivity contribution >= 4 is 62.2 Å². The zero-order valence-corrected chi connectivity index (χ0v) is 22.3. The van der Waals surface area contributed by atoms with E-state index in [1.165, 1.54) is 13.1 Å². The molecule has 0 saturated carbocycles. The van der Waals surface area contributed by atoms with Crippen LogP contribution in [0.3, 0.4) is 0 Å². The number of nitrogens with zero attached hydrogens (tertiary/aromatic N) is 1. The third-order valence-electron chi connectivity index (χ3n) is 4.78. The first-order valence-corrected chi connectivity index (χ1v) is 12.2. The number of rotatable bonds is 9. The molecule has 2 N–H and O–H groups in total. The molecule has 0 saturated heterocycles. The minimum atomic E-state index is -0.937. The molecule has 34 heavy (non-hydrogen) atoms. The Balaban J connectivity index is 1.61. The molecule has 3 aromatic rings. The second-order valence-corrected chi connectivity index (χ2v) is 9.25. The van der Waals surface area contributed by atoms with Gasteiger partial charge in [0.1, 0.15) is 12.5 Å². The van der Waals surface area contributed by atoms with E-state index in [4.69, 9.17) is 9.47 Å². The summed E-state index contributed by atoms with van der Waals surface area (Å²) in [5.41, 5.74) is 4.76. The number of hydrogen-bond donors (Lipinski definition) is 2. The molecule has 0 heterocycles. The first-order chi connectivity index (χ1) is 16.4. The molecule has 7 nitrogen and oxygen atoms in total. The number of methoxy groups -OCH3 is 1. The van der Waals surface area contributed by atoms with Crippen molar-refractivity contribution in [1.29, 1.82) is 0 Å². The zero-order valence-electron chi connectivity index (χ0n) is 18.5. The number of hydrazone groups is 1. The number of hydrogen-bond acceptors (Lipinski definition) is 5. The number of anilines is 1. The van der Waals surface area contributed by atoms with E-state index in [1.807, 2.05) is 42.5 Å². The lowest BCUT2D eigenvalue weighted by atomic mass is 10.1. The van der Waals surface area contributed by atoms with E-state index in [1.54, 1.807) is 31.4 Å². The minimum absolute atomic E-state index is 0.413. The highest BCUT2D eigenvalue weighted by molar-refractivity contribution is 14.1. The van der Waals surface area contributed by atoms with E-state index in [0.717, 1.165) is 13.6 Å². The fourth-order valence-corrected chi connectivity index (χ4v) is 4.04. The van der Waals surface area contributed by atoms with Crippen molar-refractivity contribution in [1.82, 2.24) is 5.43 Å². The van der Waals surface area contributed by atoms with Gasteiger partial charge in [0.2, 0.25) is 5.91 Å². The predicted octanol–water partition coefficient (Wildman–Crippen LogP) is 5.37. The molecule has 0 aliphatic carbocycles. The number of carbonyl (C=O) groups is 2. The maximum atomic E-state index is 12.4. The molecule has 0 aromatic heterocycles. The molecule has 1 atom stereocenters. The highest BCUT2D eigenvalue weighted by Gasteiger charge is 2.21. The molecule has 0 bridgehead atoms. The van der Waals surface area contributed by atoms with Gasteiger partial charge in [0.15, 0.2) is 11.5 Å². The lowest BCUT2D eigenvalue weighted by Crippen LogP contribution is -2.34. The average Bonchev–Trinajstić information content (AvgIpc) is 2.84. The van der Waals surface area contributed by atoms with E-state index >= 15 is 0 Å². The monoisotopic (exact) mass is 635 g/mol. The van der Waals surface area contributed by atoms with E-state index < -0.39 is 17.7 Å². The topological polar surface area (TPSA) is 89.0 Å². The standard InChI is InChI=1S/C25H23BrIN3O4/c1-16(24(31)29-21-11-7-6-10-19(21)26)25(32)30-28-14-18-12-20(27)23(22(13-18)33-2)34-15-17-8-4-3-5-9-17/h3-14,16H,15H2,1-2H3,(H,29,31)(H,30,32). The molecular formula is C25H23BrIN3O4. The van der Waals surface area contributed by atoms with Crippen LogP contribution in [0.15, 0.2) is 76.3 Å². The van der Waals surface area contributed by atoms with Crippen LogP contribution in [0.4, 0.5) is 5.69 Å². The third-order valence-corrected chi connectivity index (χ3v) is 6.28. The summed E-state index contributed by atoms with van der Waals surface area (Å²) >= 11 is 5.53. The van der Waals surface area contributed by atoms with Crippen LogP contribution in [0.1, 0.15) is 18.1 Å². The molecule has 0 aliphatic rings. The van der Waals surface area contributed by atoms with Crippen molar-refractivity contribution in [2.75, 3.05) is 12.4 Å². The molecule has 3 rings (SSSR count).